The molecule has 2 rings (SSSR count). The largest absolute Gasteiger partial charge is 0.462 e. The van der Waals surface area contributed by atoms with E-state index in [0.29, 0.717) is 0 Å². The number of esters is 1. The first-order chi connectivity index (χ1) is 11.0. The zero-order valence-corrected chi connectivity index (χ0v) is 14.3. The number of carbonyl (C=O) groups is 1. The summed E-state index contributed by atoms with van der Waals surface area (Å²) in [6, 6.07) is 18.6. The summed E-state index contributed by atoms with van der Waals surface area (Å²) in [4.78, 5) is 11.3. The van der Waals surface area contributed by atoms with Crippen LogP contribution in [0.15, 0.2) is 73.3 Å². The number of benzene rings is 2. The first-order valence-corrected chi connectivity index (χ1v) is 9.28. The molecule has 0 heterocycles. The maximum absolute atomic E-state index is 14.1. The van der Waals surface area contributed by atoms with Gasteiger partial charge in [-0.3, -0.25) is 4.79 Å². The standard InChI is InChI=1S/C19H21O3P/c1-4-19(15(2)22-16(3)20)23(21,17-11-7-5-8-12-17)18-13-9-6-10-14-18/h4-15,19H,1H2,2-3H3. The van der Waals surface area contributed by atoms with Gasteiger partial charge in [-0.2, -0.15) is 0 Å². The van der Waals surface area contributed by atoms with Gasteiger partial charge in [-0.1, -0.05) is 66.7 Å². The van der Waals surface area contributed by atoms with Crippen molar-refractivity contribution < 1.29 is 14.1 Å². The van der Waals surface area contributed by atoms with Crippen LogP contribution in [0.1, 0.15) is 13.8 Å². The molecule has 0 fully saturated rings. The van der Waals surface area contributed by atoms with Crippen LogP contribution in [0.25, 0.3) is 0 Å². The number of hydrogen-bond donors (Lipinski definition) is 0. The fourth-order valence-corrected chi connectivity index (χ4v) is 5.93. The highest BCUT2D eigenvalue weighted by atomic mass is 31.2. The van der Waals surface area contributed by atoms with E-state index in [2.05, 4.69) is 6.58 Å². The van der Waals surface area contributed by atoms with Crippen molar-refractivity contribution in [3.63, 3.8) is 0 Å². The van der Waals surface area contributed by atoms with Crippen molar-refractivity contribution in [3.8, 4) is 0 Å². The first kappa shape index (κ1) is 17.2. The van der Waals surface area contributed by atoms with E-state index in [9.17, 15) is 9.36 Å². The molecule has 0 spiro atoms. The predicted octanol–water partition coefficient (Wildman–Crippen LogP) is 3.51. The molecule has 0 radical (unpaired) electrons. The summed E-state index contributed by atoms with van der Waals surface area (Å²) in [6.07, 6.45) is 1.10. The number of rotatable bonds is 6. The van der Waals surface area contributed by atoms with Gasteiger partial charge in [-0.05, 0) is 6.92 Å². The highest BCUT2D eigenvalue weighted by molar-refractivity contribution is 7.79. The Bertz CT molecular complexity index is 666. The molecule has 0 saturated carbocycles. The Kier molecular flexibility index (Phi) is 5.57. The normalized spacial score (nSPS) is 13.8. The van der Waals surface area contributed by atoms with Crippen LogP contribution >= 0.6 is 7.14 Å². The third-order valence-corrected chi connectivity index (χ3v) is 7.37. The van der Waals surface area contributed by atoms with Crippen molar-refractivity contribution in [2.45, 2.75) is 25.6 Å². The van der Waals surface area contributed by atoms with E-state index in [1.165, 1.54) is 6.92 Å². The molecule has 0 saturated heterocycles. The van der Waals surface area contributed by atoms with Crippen molar-refractivity contribution in [3.05, 3.63) is 73.3 Å². The molecular formula is C19H21O3P. The lowest BCUT2D eigenvalue weighted by atomic mass is 10.3. The molecule has 0 aliphatic heterocycles. The van der Waals surface area contributed by atoms with Crippen LogP contribution in [0.3, 0.4) is 0 Å². The van der Waals surface area contributed by atoms with Crippen LogP contribution < -0.4 is 10.6 Å². The van der Waals surface area contributed by atoms with E-state index in [1.54, 1.807) is 13.0 Å². The van der Waals surface area contributed by atoms with Crippen LogP contribution in [0.5, 0.6) is 0 Å². The van der Waals surface area contributed by atoms with Gasteiger partial charge in [0.25, 0.3) is 0 Å². The smallest absolute Gasteiger partial charge is 0.302 e. The summed E-state index contributed by atoms with van der Waals surface area (Å²) in [5, 5.41) is 1.46. The molecular weight excluding hydrogens is 307 g/mol. The molecule has 0 N–H and O–H groups in total. The number of hydrogen-bond acceptors (Lipinski definition) is 3. The van der Waals surface area contributed by atoms with E-state index in [0.717, 1.165) is 10.6 Å². The van der Waals surface area contributed by atoms with Crippen molar-refractivity contribution in [1.82, 2.24) is 0 Å². The fourth-order valence-electron chi connectivity index (χ4n) is 2.76. The Morgan fingerprint density at radius 1 is 1.04 bits per heavy atom. The van der Waals surface area contributed by atoms with E-state index in [-0.39, 0.29) is 0 Å². The topological polar surface area (TPSA) is 43.4 Å². The second kappa shape index (κ2) is 7.43. The third kappa shape index (κ3) is 3.62. The molecule has 0 aromatic heterocycles. The minimum atomic E-state index is -3.04. The average Bonchev–Trinajstić information content (AvgIpc) is 2.56. The third-order valence-electron chi connectivity index (χ3n) is 3.77. The van der Waals surface area contributed by atoms with Gasteiger partial charge in [-0.15, -0.1) is 6.58 Å². The van der Waals surface area contributed by atoms with Crippen molar-refractivity contribution >= 4 is 23.7 Å². The van der Waals surface area contributed by atoms with Gasteiger partial charge < -0.3 is 9.30 Å². The Balaban J connectivity index is 2.60. The zero-order valence-electron chi connectivity index (χ0n) is 13.4. The second-order valence-electron chi connectivity index (χ2n) is 5.37. The van der Waals surface area contributed by atoms with Gasteiger partial charge in [0, 0.05) is 17.5 Å². The summed E-state index contributed by atoms with van der Waals surface area (Å²) >= 11 is 0. The Morgan fingerprint density at radius 2 is 1.48 bits per heavy atom. The maximum Gasteiger partial charge on any atom is 0.302 e. The Hall–Kier alpha value is -2.12. The lowest BCUT2D eigenvalue weighted by Gasteiger charge is -2.30. The van der Waals surface area contributed by atoms with E-state index >= 15 is 0 Å². The Morgan fingerprint density at radius 3 is 1.83 bits per heavy atom. The molecule has 120 valence electrons. The minimum Gasteiger partial charge on any atom is -0.462 e. The zero-order chi connectivity index (χ0) is 16.9. The molecule has 0 aliphatic rings. The molecule has 2 atom stereocenters. The van der Waals surface area contributed by atoms with Crippen molar-refractivity contribution in [2.24, 2.45) is 0 Å². The quantitative estimate of drug-likeness (QED) is 0.463. The monoisotopic (exact) mass is 328 g/mol. The SMILES string of the molecule is C=CC(C(C)OC(C)=O)P(=O)(c1ccccc1)c1ccccc1. The van der Waals surface area contributed by atoms with Crippen molar-refractivity contribution in [1.29, 1.82) is 0 Å². The van der Waals surface area contributed by atoms with Crippen LogP contribution in [0.4, 0.5) is 0 Å². The predicted molar refractivity (Wildman–Crippen MR) is 95.0 cm³/mol. The molecule has 2 aromatic rings. The van der Waals surface area contributed by atoms with Crippen LogP contribution in [-0.4, -0.2) is 17.7 Å². The van der Waals surface area contributed by atoms with Gasteiger partial charge in [0.15, 0.2) is 7.14 Å². The average molecular weight is 328 g/mol. The summed E-state index contributed by atoms with van der Waals surface area (Å²) in [5.41, 5.74) is -0.490. The van der Waals surface area contributed by atoms with Gasteiger partial charge >= 0.3 is 5.97 Å². The molecule has 23 heavy (non-hydrogen) atoms. The van der Waals surface area contributed by atoms with Gasteiger partial charge in [0.2, 0.25) is 0 Å². The molecule has 2 aromatic carbocycles. The minimum absolute atomic E-state index is 0.392. The highest BCUT2D eigenvalue weighted by Gasteiger charge is 2.39. The fraction of sp³-hybridized carbons (Fsp3) is 0.211. The van der Waals surface area contributed by atoms with E-state index < -0.39 is 24.9 Å². The second-order valence-corrected chi connectivity index (χ2v) is 8.31. The van der Waals surface area contributed by atoms with Crippen LogP contribution in [-0.2, 0) is 14.1 Å². The van der Waals surface area contributed by atoms with Gasteiger partial charge in [0.05, 0.1) is 5.66 Å². The van der Waals surface area contributed by atoms with Crippen LogP contribution in [0, 0.1) is 0 Å². The molecule has 0 bridgehead atoms. The Labute approximate surface area is 137 Å². The summed E-state index contributed by atoms with van der Waals surface area (Å²) in [5.74, 6) is -0.392. The summed E-state index contributed by atoms with van der Waals surface area (Å²) in [6.45, 7) is 6.95. The van der Waals surface area contributed by atoms with Crippen LogP contribution in [0.2, 0.25) is 0 Å². The number of carbonyl (C=O) groups excluding carboxylic acids is 1. The van der Waals surface area contributed by atoms with Crippen molar-refractivity contribution in [2.75, 3.05) is 0 Å². The number of ether oxygens (including phenoxy) is 1. The van der Waals surface area contributed by atoms with E-state index in [4.69, 9.17) is 4.74 Å². The molecule has 3 nitrogen and oxygen atoms in total. The van der Waals surface area contributed by atoms with E-state index in [1.807, 2.05) is 60.7 Å². The summed E-state index contributed by atoms with van der Waals surface area (Å²) in [7, 11) is -3.04. The summed E-state index contributed by atoms with van der Waals surface area (Å²) < 4.78 is 19.4. The molecule has 2 unspecified atom stereocenters. The molecule has 4 heteroatoms. The maximum atomic E-state index is 14.1. The highest BCUT2D eigenvalue weighted by Crippen LogP contribution is 2.50. The first-order valence-electron chi connectivity index (χ1n) is 7.51. The lowest BCUT2D eigenvalue weighted by Crippen LogP contribution is -2.34. The van der Waals surface area contributed by atoms with Gasteiger partial charge in [-0.25, -0.2) is 0 Å². The molecule has 0 aliphatic carbocycles. The van der Waals surface area contributed by atoms with Gasteiger partial charge in [0.1, 0.15) is 6.10 Å². The molecule has 0 amide bonds. The lowest BCUT2D eigenvalue weighted by molar-refractivity contribution is -0.145.